The summed E-state index contributed by atoms with van der Waals surface area (Å²) < 4.78 is 23.6. The van der Waals surface area contributed by atoms with E-state index < -0.39 is 42.4 Å². The highest BCUT2D eigenvalue weighted by Gasteiger charge is 2.51. The van der Waals surface area contributed by atoms with Crippen LogP contribution >= 0.6 is 15.9 Å². The highest BCUT2D eigenvalue weighted by molar-refractivity contribution is 9.10. The molecule has 0 bridgehead atoms. The minimum Gasteiger partial charge on any atom is -0.463 e. The maximum Gasteiger partial charge on any atom is 0.303 e. The zero-order valence-corrected chi connectivity index (χ0v) is 18.1. The summed E-state index contributed by atoms with van der Waals surface area (Å²) in [4.78, 5) is 34.6. The van der Waals surface area contributed by atoms with Gasteiger partial charge in [0.05, 0.1) is 0 Å². The average molecular weight is 482 g/mol. The second kappa shape index (κ2) is 9.35. The van der Waals surface area contributed by atoms with Gasteiger partial charge in [0, 0.05) is 26.3 Å². The summed E-state index contributed by atoms with van der Waals surface area (Å²) >= 11 is 3.47. The minimum absolute atomic E-state index is 0.195. The molecule has 1 aromatic heterocycles. The maximum absolute atomic E-state index is 11.7. The third kappa shape index (κ3) is 4.85. The molecule has 1 aromatic carbocycles. The van der Waals surface area contributed by atoms with Crippen molar-refractivity contribution in [1.82, 2.24) is 15.0 Å². The molecule has 10 nitrogen and oxygen atoms in total. The second-order valence-corrected chi connectivity index (χ2v) is 7.31. The van der Waals surface area contributed by atoms with Crippen LogP contribution in [0.3, 0.4) is 0 Å². The molecule has 1 aliphatic heterocycles. The van der Waals surface area contributed by atoms with Crippen molar-refractivity contribution < 1.29 is 33.3 Å². The smallest absolute Gasteiger partial charge is 0.303 e. The molecule has 0 amide bonds. The normalized spacial score (nSPS) is 23.1. The number of esters is 3. The fourth-order valence-electron chi connectivity index (χ4n) is 3.11. The molecule has 0 radical (unpaired) electrons. The molecule has 2 aromatic rings. The Morgan fingerprint density at radius 1 is 1.03 bits per heavy atom. The third-order valence-electron chi connectivity index (χ3n) is 4.27. The lowest BCUT2D eigenvalue weighted by Gasteiger charge is -2.23. The number of hydrogen-bond donors (Lipinski definition) is 0. The third-order valence-corrected chi connectivity index (χ3v) is 5.01. The van der Waals surface area contributed by atoms with Gasteiger partial charge in [-0.25, -0.2) is 4.68 Å². The summed E-state index contributed by atoms with van der Waals surface area (Å²) in [5.41, 5.74) is 1.36. The van der Waals surface area contributed by atoms with Gasteiger partial charge in [0.2, 0.25) is 0 Å². The Morgan fingerprint density at radius 3 is 2.27 bits per heavy atom. The molecule has 1 saturated heterocycles. The lowest BCUT2D eigenvalue weighted by atomic mass is 10.1. The SMILES string of the molecule is CC(=O)OC[C@H]1O[C@@H](n2nnc(-c3ccccc3)c2Br)[C@H](OC(C)=O)[C@@H]1OC(C)=O. The van der Waals surface area contributed by atoms with Crippen LogP contribution in [0.15, 0.2) is 34.9 Å². The Morgan fingerprint density at radius 2 is 1.67 bits per heavy atom. The zero-order chi connectivity index (χ0) is 21.8. The lowest BCUT2D eigenvalue weighted by molar-refractivity contribution is -0.166. The number of nitrogens with zero attached hydrogens (tertiary/aromatic N) is 3. The number of rotatable bonds is 6. The number of aromatic nitrogens is 3. The van der Waals surface area contributed by atoms with Gasteiger partial charge in [-0.2, -0.15) is 0 Å². The first-order valence-corrected chi connectivity index (χ1v) is 9.86. The van der Waals surface area contributed by atoms with Crippen LogP contribution in [0.4, 0.5) is 0 Å². The first-order chi connectivity index (χ1) is 14.3. The van der Waals surface area contributed by atoms with Crippen molar-refractivity contribution in [1.29, 1.82) is 0 Å². The Balaban J connectivity index is 1.97. The first kappa shape index (κ1) is 21.9. The summed E-state index contributed by atoms with van der Waals surface area (Å²) in [6.07, 6.45) is -3.89. The predicted octanol–water partition coefficient (Wildman–Crippen LogP) is 2.03. The van der Waals surface area contributed by atoms with Crippen LogP contribution in [0.1, 0.15) is 27.0 Å². The highest BCUT2D eigenvalue weighted by atomic mass is 79.9. The van der Waals surface area contributed by atoms with E-state index in [2.05, 4.69) is 26.2 Å². The van der Waals surface area contributed by atoms with Crippen molar-refractivity contribution in [2.45, 2.75) is 45.3 Å². The number of carbonyl (C=O) groups excluding carboxylic acids is 3. The summed E-state index contributed by atoms with van der Waals surface area (Å²) in [6, 6.07) is 9.33. The van der Waals surface area contributed by atoms with E-state index in [1.807, 2.05) is 30.3 Å². The monoisotopic (exact) mass is 481 g/mol. The minimum atomic E-state index is -1.03. The predicted molar refractivity (Wildman–Crippen MR) is 105 cm³/mol. The molecule has 3 rings (SSSR count). The fourth-order valence-corrected chi connectivity index (χ4v) is 3.69. The number of carbonyl (C=O) groups is 3. The maximum atomic E-state index is 11.7. The van der Waals surface area contributed by atoms with E-state index in [0.29, 0.717) is 10.3 Å². The lowest BCUT2D eigenvalue weighted by Crippen LogP contribution is -2.40. The van der Waals surface area contributed by atoms with Crippen LogP contribution in [0.2, 0.25) is 0 Å². The van der Waals surface area contributed by atoms with E-state index in [0.717, 1.165) is 5.56 Å². The summed E-state index contributed by atoms with van der Waals surface area (Å²) in [5, 5.41) is 8.31. The Bertz CT molecular complexity index is 933. The molecular weight excluding hydrogens is 462 g/mol. The van der Waals surface area contributed by atoms with Crippen molar-refractivity contribution in [2.75, 3.05) is 6.61 Å². The van der Waals surface area contributed by atoms with Gasteiger partial charge in [0.1, 0.15) is 23.0 Å². The largest absolute Gasteiger partial charge is 0.463 e. The standard InChI is InChI=1S/C19H20BrN3O7/c1-10(24)27-9-14-16(28-11(2)25)17(29-12(3)26)19(30-14)23-18(20)15(21-22-23)13-7-5-4-6-8-13/h4-8,14,16-17,19H,9H2,1-3H3/t14-,16-,17-,19-/m1/s1. The van der Waals surface area contributed by atoms with E-state index in [4.69, 9.17) is 18.9 Å². The van der Waals surface area contributed by atoms with Gasteiger partial charge in [-0.1, -0.05) is 35.5 Å². The molecule has 4 atom stereocenters. The summed E-state index contributed by atoms with van der Waals surface area (Å²) in [5.74, 6) is -1.73. The van der Waals surface area contributed by atoms with E-state index in [1.165, 1.54) is 25.5 Å². The van der Waals surface area contributed by atoms with E-state index in [9.17, 15) is 14.4 Å². The van der Waals surface area contributed by atoms with Gasteiger partial charge in [-0.3, -0.25) is 14.4 Å². The van der Waals surface area contributed by atoms with Crippen molar-refractivity contribution in [3.63, 3.8) is 0 Å². The molecule has 0 aliphatic carbocycles. The van der Waals surface area contributed by atoms with Crippen molar-refractivity contribution in [3.8, 4) is 11.3 Å². The quantitative estimate of drug-likeness (QED) is 0.450. The number of ether oxygens (including phenoxy) is 4. The second-order valence-electron chi connectivity index (χ2n) is 6.56. The molecule has 0 saturated carbocycles. The fraction of sp³-hybridized carbons (Fsp3) is 0.421. The molecule has 160 valence electrons. The van der Waals surface area contributed by atoms with Crippen LogP contribution in [-0.2, 0) is 33.3 Å². The molecule has 2 heterocycles. The van der Waals surface area contributed by atoms with Crippen LogP contribution in [0.25, 0.3) is 11.3 Å². The molecule has 0 spiro atoms. The van der Waals surface area contributed by atoms with Crippen LogP contribution in [0.5, 0.6) is 0 Å². The molecule has 1 aliphatic rings. The van der Waals surface area contributed by atoms with Gasteiger partial charge in [0.15, 0.2) is 18.4 Å². The molecule has 1 fully saturated rings. The van der Waals surface area contributed by atoms with Gasteiger partial charge in [-0.05, 0) is 15.9 Å². The molecule has 0 unspecified atom stereocenters. The van der Waals surface area contributed by atoms with E-state index in [-0.39, 0.29) is 6.61 Å². The van der Waals surface area contributed by atoms with Gasteiger partial charge in [0.25, 0.3) is 0 Å². The molecule has 30 heavy (non-hydrogen) atoms. The Labute approximate surface area is 180 Å². The van der Waals surface area contributed by atoms with Gasteiger partial charge >= 0.3 is 17.9 Å². The molecule has 0 N–H and O–H groups in total. The summed E-state index contributed by atoms with van der Waals surface area (Å²) in [6.45, 7) is 3.50. The van der Waals surface area contributed by atoms with Crippen molar-refractivity contribution >= 4 is 33.8 Å². The van der Waals surface area contributed by atoms with Crippen LogP contribution in [0, 0.1) is 0 Å². The molecular formula is C19H20BrN3O7. The first-order valence-electron chi connectivity index (χ1n) is 9.07. The topological polar surface area (TPSA) is 119 Å². The Hall–Kier alpha value is -2.79. The van der Waals surface area contributed by atoms with Crippen LogP contribution < -0.4 is 0 Å². The van der Waals surface area contributed by atoms with Crippen molar-refractivity contribution in [2.24, 2.45) is 0 Å². The molecule has 11 heteroatoms. The average Bonchev–Trinajstić information content (AvgIpc) is 3.21. The number of hydrogen-bond acceptors (Lipinski definition) is 9. The number of halogens is 1. The number of benzene rings is 1. The van der Waals surface area contributed by atoms with Crippen LogP contribution in [-0.4, -0.2) is 57.8 Å². The van der Waals surface area contributed by atoms with E-state index >= 15 is 0 Å². The van der Waals surface area contributed by atoms with E-state index in [1.54, 1.807) is 0 Å². The highest BCUT2D eigenvalue weighted by Crippen LogP contribution is 2.37. The van der Waals surface area contributed by atoms with Gasteiger partial charge in [-0.15, -0.1) is 5.10 Å². The van der Waals surface area contributed by atoms with Gasteiger partial charge < -0.3 is 18.9 Å². The zero-order valence-electron chi connectivity index (χ0n) is 16.5. The summed E-state index contributed by atoms with van der Waals surface area (Å²) in [7, 11) is 0. The Kier molecular flexibility index (Phi) is 6.83. The van der Waals surface area contributed by atoms with Crippen molar-refractivity contribution in [3.05, 3.63) is 34.9 Å².